The molecule has 0 radical (unpaired) electrons. The van der Waals surface area contributed by atoms with Crippen LogP contribution >= 0.6 is 0 Å². The number of ether oxygens (including phenoxy) is 1. The molecule has 1 unspecified atom stereocenters. The summed E-state index contributed by atoms with van der Waals surface area (Å²) in [6.07, 6.45) is 1.55. The van der Waals surface area contributed by atoms with Crippen molar-refractivity contribution in [1.29, 1.82) is 5.26 Å². The molecule has 1 aliphatic heterocycles. The minimum atomic E-state index is -3.23. The predicted molar refractivity (Wildman–Crippen MR) is 67.6 cm³/mol. The minimum Gasteiger partial charge on any atom is -0.377 e. The van der Waals surface area contributed by atoms with Crippen molar-refractivity contribution in [3.63, 3.8) is 0 Å². The van der Waals surface area contributed by atoms with Crippen LogP contribution in [0.4, 0.5) is 0 Å². The van der Waals surface area contributed by atoms with Gasteiger partial charge in [0, 0.05) is 6.61 Å². The van der Waals surface area contributed by atoms with Gasteiger partial charge in [-0.2, -0.15) is 5.26 Å². The highest BCUT2D eigenvalue weighted by Gasteiger charge is 2.24. The van der Waals surface area contributed by atoms with Gasteiger partial charge in [0.1, 0.15) is 0 Å². The Hall–Kier alpha value is -1.38. The zero-order chi connectivity index (χ0) is 13.0. The molecule has 1 aromatic carbocycles. The lowest BCUT2D eigenvalue weighted by Gasteiger charge is -2.10. The molecule has 18 heavy (non-hydrogen) atoms. The van der Waals surface area contributed by atoms with Gasteiger partial charge in [-0.05, 0) is 24.5 Å². The molecule has 0 aliphatic carbocycles. The van der Waals surface area contributed by atoms with E-state index in [1.54, 1.807) is 24.3 Å². The van der Waals surface area contributed by atoms with Crippen molar-refractivity contribution in [3.05, 3.63) is 35.4 Å². The van der Waals surface area contributed by atoms with E-state index in [-0.39, 0.29) is 17.6 Å². The number of hydrogen-bond donors (Lipinski definition) is 0. The lowest BCUT2D eigenvalue weighted by Crippen LogP contribution is -2.21. The zero-order valence-corrected chi connectivity index (χ0v) is 10.8. The summed E-state index contributed by atoms with van der Waals surface area (Å²) in [7, 11) is -3.23. The number of nitrogens with zero attached hydrogens (tertiary/aromatic N) is 1. The number of hydrogen-bond acceptors (Lipinski definition) is 4. The highest BCUT2D eigenvalue weighted by Crippen LogP contribution is 2.18. The molecule has 0 aromatic heterocycles. The van der Waals surface area contributed by atoms with Crippen LogP contribution in [0.1, 0.15) is 24.0 Å². The number of rotatable bonds is 4. The van der Waals surface area contributed by atoms with Crippen molar-refractivity contribution < 1.29 is 13.2 Å². The molecule has 1 fully saturated rings. The molecule has 1 aliphatic rings. The summed E-state index contributed by atoms with van der Waals surface area (Å²) in [5, 5.41) is 8.93. The van der Waals surface area contributed by atoms with E-state index in [1.165, 1.54) is 0 Å². The van der Waals surface area contributed by atoms with Crippen molar-refractivity contribution in [3.8, 4) is 6.07 Å². The normalized spacial score (nSPS) is 19.6. The van der Waals surface area contributed by atoms with Crippen molar-refractivity contribution in [2.75, 3.05) is 12.4 Å². The van der Waals surface area contributed by atoms with Gasteiger partial charge >= 0.3 is 0 Å². The number of nitriles is 1. The molecule has 1 heterocycles. The molecule has 4 nitrogen and oxygen atoms in total. The van der Waals surface area contributed by atoms with Crippen LogP contribution in [0.5, 0.6) is 0 Å². The van der Waals surface area contributed by atoms with Crippen LogP contribution in [0, 0.1) is 11.3 Å². The van der Waals surface area contributed by atoms with E-state index in [4.69, 9.17) is 10.00 Å². The van der Waals surface area contributed by atoms with Crippen LogP contribution in [-0.4, -0.2) is 26.9 Å². The first-order chi connectivity index (χ1) is 8.61. The van der Waals surface area contributed by atoms with Gasteiger partial charge < -0.3 is 4.74 Å². The van der Waals surface area contributed by atoms with Gasteiger partial charge in [0.25, 0.3) is 0 Å². The van der Waals surface area contributed by atoms with Gasteiger partial charge in [0.15, 0.2) is 9.84 Å². The highest BCUT2D eigenvalue weighted by atomic mass is 32.2. The Morgan fingerprint density at radius 1 is 1.39 bits per heavy atom. The first-order valence-electron chi connectivity index (χ1n) is 5.91. The van der Waals surface area contributed by atoms with Crippen molar-refractivity contribution >= 4 is 9.84 Å². The summed E-state index contributed by atoms with van der Waals surface area (Å²) < 4.78 is 29.4. The summed E-state index contributed by atoms with van der Waals surface area (Å²) in [5.74, 6) is -0.0383. The van der Waals surface area contributed by atoms with E-state index in [9.17, 15) is 8.42 Å². The number of sulfone groups is 1. The summed E-state index contributed by atoms with van der Waals surface area (Å²) in [5.41, 5.74) is 0.992. The van der Waals surface area contributed by atoms with Gasteiger partial charge in [0.05, 0.1) is 29.2 Å². The Morgan fingerprint density at radius 2 is 2.17 bits per heavy atom. The van der Waals surface area contributed by atoms with Gasteiger partial charge in [-0.25, -0.2) is 8.42 Å². The van der Waals surface area contributed by atoms with Gasteiger partial charge in [-0.3, -0.25) is 0 Å². The Balaban J connectivity index is 2.10. The fourth-order valence-corrected chi connectivity index (χ4v) is 3.78. The monoisotopic (exact) mass is 265 g/mol. The highest BCUT2D eigenvalue weighted by molar-refractivity contribution is 7.90. The Bertz CT molecular complexity index is 554. The largest absolute Gasteiger partial charge is 0.377 e. The molecular formula is C13H15NO3S. The van der Waals surface area contributed by atoms with E-state index in [2.05, 4.69) is 0 Å². The van der Waals surface area contributed by atoms with Crippen LogP contribution < -0.4 is 0 Å². The van der Waals surface area contributed by atoms with E-state index < -0.39 is 9.84 Å². The maximum absolute atomic E-state index is 12.0. The average Bonchev–Trinajstić information content (AvgIpc) is 2.81. The van der Waals surface area contributed by atoms with E-state index >= 15 is 0 Å². The second-order valence-electron chi connectivity index (χ2n) is 4.46. The minimum absolute atomic E-state index is 0.0484. The van der Waals surface area contributed by atoms with Gasteiger partial charge in [-0.1, -0.05) is 18.2 Å². The topological polar surface area (TPSA) is 67.2 Å². The lowest BCUT2D eigenvalue weighted by atomic mass is 10.1. The Kier molecular flexibility index (Phi) is 4.00. The molecule has 1 atom stereocenters. The second-order valence-corrected chi connectivity index (χ2v) is 6.57. The summed E-state index contributed by atoms with van der Waals surface area (Å²) in [6.45, 7) is 0.648. The fraction of sp³-hybridized carbons (Fsp3) is 0.462. The van der Waals surface area contributed by atoms with Crippen LogP contribution in [0.3, 0.4) is 0 Å². The summed E-state index contributed by atoms with van der Waals surface area (Å²) in [6, 6.07) is 8.82. The maximum atomic E-state index is 12.0. The van der Waals surface area contributed by atoms with Crippen LogP contribution in [-0.2, 0) is 20.3 Å². The van der Waals surface area contributed by atoms with Gasteiger partial charge in [0.2, 0.25) is 0 Å². The molecule has 0 saturated carbocycles. The molecule has 0 spiro atoms. The fourth-order valence-electron chi connectivity index (χ4n) is 2.11. The molecule has 2 rings (SSSR count). The number of benzene rings is 1. The zero-order valence-electron chi connectivity index (χ0n) is 10.0. The average molecular weight is 265 g/mol. The molecule has 0 amide bonds. The predicted octanol–water partition coefficient (Wildman–Crippen LogP) is 1.65. The summed E-state index contributed by atoms with van der Waals surface area (Å²) in [4.78, 5) is 0. The van der Waals surface area contributed by atoms with Crippen LogP contribution in [0.2, 0.25) is 0 Å². The molecule has 0 bridgehead atoms. The standard InChI is InChI=1S/C13H15NO3S/c14-8-11-4-1-2-5-12(11)9-18(15,16)10-13-6-3-7-17-13/h1-2,4-5,13H,3,6-7,9-10H2. The molecule has 96 valence electrons. The first-order valence-corrected chi connectivity index (χ1v) is 7.73. The molecule has 1 saturated heterocycles. The third kappa shape index (κ3) is 3.31. The first kappa shape index (κ1) is 13.1. The quantitative estimate of drug-likeness (QED) is 0.830. The van der Waals surface area contributed by atoms with E-state index in [0.29, 0.717) is 17.7 Å². The second kappa shape index (κ2) is 5.51. The molecule has 1 aromatic rings. The Labute approximate surface area is 107 Å². The van der Waals surface area contributed by atoms with E-state index in [1.807, 2.05) is 6.07 Å². The Morgan fingerprint density at radius 3 is 2.83 bits per heavy atom. The van der Waals surface area contributed by atoms with Crippen molar-refractivity contribution in [2.45, 2.75) is 24.7 Å². The molecule has 5 heteroatoms. The molecule has 0 N–H and O–H groups in total. The summed E-state index contributed by atoms with van der Waals surface area (Å²) >= 11 is 0. The SMILES string of the molecule is N#Cc1ccccc1CS(=O)(=O)CC1CCCO1. The third-order valence-corrected chi connectivity index (χ3v) is 4.61. The third-order valence-electron chi connectivity index (χ3n) is 2.98. The van der Waals surface area contributed by atoms with E-state index in [0.717, 1.165) is 12.8 Å². The molecular weight excluding hydrogens is 250 g/mol. The van der Waals surface area contributed by atoms with Gasteiger partial charge in [-0.15, -0.1) is 0 Å². The van der Waals surface area contributed by atoms with Crippen molar-refractivity contribution in [2.24, 2.45) is 0 Å². The lowest BCUT2D eigenvalue weighted by molar-refractivity contribution is 0.127. The van der Waals surface area contributed by atoms with Crippen molar-refractivity contribution in [1.82, 2.24) is 0 Å². The smallest absolute Gasteiger partial charge is 0.157 e. The maximum Gasteiger partial charge on any atom is 0.157 e. The van der Waals surface area contributed by atoms with Crippen LogP contribution in [0.15, 0.2) is 24.3 Å². The van der Waals surface area contributed by atoms with Crippen LogP contribution in [0.25, 0.3) is 0 Å².